The molecule has 0 aromatic rings. The van der Waals surface area contributed by atoms with Gasteiger partial charge in [0.1, 0.15) is 17.1 Å². The van der Waals surface area contributed by atoms with Crippen LogP contribution < -0.4 is 0 Å². The van der Waals surface area contributed by atoms with Crippen LogP contribution in [0.15, 0.2) is 12.3 Å². The largest absolute Gasteiger partial charge is 0.472 e. The van der Waals surface area contributed by atoms with E-state index >= 15 is 0 Å². The Labute approximate surface area is 207 Å². The lowest BCUT2D eigenvalue weighted by Crippen LogP contribution is -2.77. The number of hydrogen-bond donors (Lipinski definition) is 0. The molecule has 2 bridgehead atoms. The zero-order valence-corrected chi connectivity index (χ0v) is 21.4. The highest BCUT2D eigenvalue weighted by Gasteiger charge is 2.83. The SMILES string of the molecule is CCC(C)C(=O)O[C@H]1O[C@@H]2CC3C1(C(OC(C)=O)C[C@@H](C)[C@]3(C)[C@@H]1C[C@H]3C=CO[C@H]3O1)C1(CO1)C2. The second-order valence-corrected chi connectivity index (χ2v) is 12.0. The average molecular weight is 491 g/mol. The van der Waals surface area contributed by atoms with E-state index in [4.69, 9.17) is 28.4 Å². The van der Waals surface area contributed by atoms with E-state index in [2.05, 4.69) is 19.9 Å². The Balaban J connectivity index is 1.45. The van der Waals surface area contributed by atoms with Crippen LogP contribution in [0.2, 0.25) is 0 Å². The van der Waals surface area contributed by atoms with Gasteiger partial charge >= 0.3 is 11.9 Å². The number of epoxide rings is 1. The molecule has 5 aliphatic heterocycles. The maximum absolute atomic E-state index is 13.1. The summed E-state index contributed by atoms with van der Waals surface area (Å²) in [6.07, 6.45) is 5.91. The molecule has 6 fully saturated rings. The van der Waals surface area contributed by atoms with Gasteiger partial charge < -0.3 is 28.4 Å². The molecule has 0 N–H and O–H groups in total. The van der Waals surface area contributed by atoms with Crippen LogP contribution >= 0.6 is 0 Å². The van der Waals surface area contributed by atoms with Gasteiger partial charge in [0, 0.05) is 24.7 Å². The fourth-order valence-corrected chi connectivity index (χ4v) is 8.18. The summed E-state index contributed by atoms with van der Waals surface area (Å²) in [5, 5.41) is 0. The van der Waals surface area contributed by atoms with Gasteiger partial charge in [-0.3, -0.25) is 9.59 Å². The molecule has 0 amide bonds. The van der Waals surface area contributed by atoms with Crippen LogP contribution in [0.25, 0.3) is 0 Å². The van der Waals surface area contributed by atoms with Gasteiger partial charge in [-0.15, -0.1) is 0 Å². The summed E-state index contributed by atoms with van der Waals surface area (Å²) in [4.78, 5) is 25.4. The van der Waals surface area contributed by atoms with Gasteiger partial charge in [0.2, 0.25) is 12.6 Å². The van der Waals surface area contributed by atoms with Crippen LogP contribution in [0.5, 0.6) is 0 Å². The van der Waals surface area contributed by atoms with Crippen LogP contribution in [0, 0.1) is 34.5 Å². The number of carbonyl (C=O) groups is 2. The summed E-state index contributed by atoms with van der Waals surface area (Å²) >= 11 is 0. The molecule has 2 aliphatic carbocycles. The van der Waals surface area contributed by atoms with Gasteiger partial charge in [-0.05, 0) is 43.6 Å². The Morgan fingerprint density at radius 1 is 1.17 bits per heavy atom. The molecule has 5 unspecified atom stereocenters. The Hall–Kier alpha value is -1.64. The third-order valence-corrected chi connectivity index (χ3v) is 10.4. The fraction of sp³-hybridized carbons (Fsp3) is 0.852. The van der Waals surface area contributed by atoms with E-state index < -0.39 is 23.4 Å². The first kappa shape index (κ1) is 23.7. The Kier molecular flexibility index (Phi) is 5.38. The lowest BCUT2D eigenvalue weighted by atomic mass is 9.40. The average Bonchev–Trinajstić information content (AvgIpc) is 3.23. The molecule has 0 radical (unpaired) electrons. The van der Waals surface area contributed by atoms with E-state index in [-0.39, 0.29) is 59.5 Å². The molecule has 2 spiro atoms. The van der Waals surface area contributed by atoms with Crippen molar-refractivity contribution < 1.29 is 38.0 Å². The van der Waals surface area contributed by atoms with Gasteiger partial charge in [0.15, 0.2) is 0 Å². The highest BCUT2D eigenvalue weighted by atomic mass is 16.7. The van der Waals surface area contributed by atoms with Crippen LogP contribution in [-0.4, -0.2) is 55.0 Å². The third kappa shape index (κ3) is 3.15. The minimum atomic E-state index is -0.822. The number of ether oxygens (including phenoxy) is 6. The van der Waals surface area contributed by atoms with E-state index in [0.717, 1.165) is 19.3 Å². The van der Waals surface area contributed by atoms with E-state index in [1.807, 2.05) is 13.8 Å². The molecule has 0 aromatic carbocycles. The molecular weight excluding hydrogens is 452 g/mol. The Bertz CT molecular complexity index is 928. The van der Waals surface area contributed by atoms with Gasteiger partial charge in [-0.25, -0.2) is 0 Å². The van der Waals surface area contributed by atoms with Crippen molar-refractivity contribution in [3.05, 3.63) is 12.3 Å². The standard InChI is InChI=1S/C27H38O8/c1-6-14(2)22(29)35-24-27-19(11-18(33-24)12-26(27)13-31-26)25(5,15(3)9-21(27)32-16(4)28)20-10-17-7-8-30-23(17)34-20/h7-8,14-15,17-21,23-24H,6,9-13H2,1-5H3/t14?,15-,17-,18-,19?,20+,21?,23+,24-,25+,26?,27?/m1/s1. The lowest BCUT2D eigenvalue weighted by molar-refractivity contribution is -0.376. The van der Waals surface area contributed by atoms with Gasteiger partial charge in [0.25, 0.3) is 0 Å². The minimum Gasteiger partial charge on any atom is -0.472 e. The first-order valence-corrected chi connectivity index (χ1v) is 13.3. The molecule has 0 aromatic heterocycles. The van der Waals surface area contributed by atoms with E-state index in [0.29, 0.717) is 19.4 Å². The van der Waals surface area contributed by atoms with Crippen LogP contribution in [0.1, 0.15) is 66.7 Å². The Morgan fingerprint density at radius 3 is 2.60 bits per heavy atom. The summed E-state index contributed by atoms with van der Waals surface area (Å²) < 4.78 is 37.3. The van der Waals surface area contributed by atoms with Crippen molar-refractivity contribution in [1.29, 1.82) is 0 Å². The maximum Gasteiger partial charge on any atom is 0.310 e. The first-order chi connectivity index (χ1) is 16.7. The van der Waals surface area contributed by atoms with Crippen molar-refractivity contribution in [1.82, 2.24) is 0 Å². The molecule has 194 valence electrons. The first-order valence-electron chi connectivity index (χ1n) is 13.3. The Morgan fingerprint density at radius 2 is 1.94 bits per heavy atom. The molecule has 35 heavy (non-hydrogen) atoms. The number of carbonyl (C=O) groups excluding carboxylic acids is 2. The topological polar surface area (TPSA) is 92.8 Å². The number of esters is 2. The van der Waals surface area contributed by atoms with Crippen molar-refractivity contribution >= 4 is 11.9 Å². The molecule has 2 saturated carbocycles. The van der Waals surface area contributed by atoms with E-state index in [1.54, 1.807) is 6.26 Å². The summed E-state index contributed by atoms with van der Waals surface area (Å²) in [6, 6.07) is 0. The zero-order chi connectivity index (χ0) is 24.8. The predicted octanol–water partition coefficient (Wildman–Crippen LogP) is 3.72. The molecule has 8 nitrogen and oxygen atoms in total. The molecule has 7 aliphatic rings. The lowest BCUT2D eigenvalue weighted by Gasteiger charge is -2.69. The van der Waals surface area contributed by atoms with Gasteiger partial charge in [-0.1, -0.05) is 27.7 Å². The van der Waals surface area contributed by atoms with Crippen LogP contribution in [0.3, 0.4) is 0 Å². The second-order valence-electron chi connectivity index (χ2n) is 12.0. The highest BCUT2D eigenvalue weighted by Crippen LogP contribution is 2.74. The van der Waals surface area contributed by atoms with Crippen molar-refractivity contribution in [3.8, 4) is 0 Å². The monoisotopic (exact) mass is 490 g/mol. The molecule has 12 atom stereocenters. The molecule has 4 saturated heterocycles. The summed E-state index contributed by atoms with van der Waals surface area (Å²) in [5.74, 6) is -0.376. The molecule has 7 rings (SSSR count). The summed E-state index contributed by atoms with van der Waals surface area (Å²) in [7, 11) is 0. The van der Waals surface area contributed by atoms with Crippen molar-refractivity contribution in [2.75, 3.05) is 6.61 Å². The zero-order valence-electron chi connectivity index (χ0n) is 21.4. The van der Waals surface area contributed by atoms with Crippen LogP contribution in [0.4, 0.5) is 0 Å². The third-order valence-electron chi connectivity index (χ3n) is 10.4. The van der Waals surface area contributed by atoms with Gasteiger partial charge in [0.05, 0.1) is 31.0 Å². The summed E-state index contributed by atoms with van der Waals surface area (Å²) in [6.45, 7) is 10.4. The van der Waals surface area contributed by atoms with Crippen molar-refractivity contribution in [2.45, 2.75) is 103 Å². The highest BCUT2D eigenvalue weighted by molar-refractivity contribution is 5.72. The number of fused-ring (bicyclic) bond motifs is 2. The van der Waals surface area contributed by atoms with E-state index in [1.165, 1.54) is 6.92 Å². The van der Waals surface area contributed by atoms with Crippen LogP contribution in [-0.2, 0) is 38.0 Å². The normalized spacial score (nSPS) is 51.9. The van der Waals surface area contributed by atoms with Gasteiger partial charge in [-0.2, -0.15) is 0 Å². The van der Waals surface area contributed by atoms with Crippen molar-refractivity contribution in [3.63, 3.8) is 0 Å². The second kappa shape index (κ2) is 7.93. The molecular formula is C27H38O8. The fourth-order valence-electron chi connectivity index (χ4n) is 8.18. The van der Waals surface area contributed by atoms with E-state index in [9.17, 15) is 9.59 Å². The molecule has 8 heteroatoms. The minimum absolute atomic E-state index is 0.0284. The quantitative estimate of drug-likeness (QED) is 0.425. The summed E-state index contributed by atoms with van der Waals surface area (Å²) in [5.41, 5.74) is -1.57. The smallest absolute Gasteiger partial charge is 0.310 e. The predicted molar refractivity (Wildman–Crippen MR) is 122 cm³/mol. The molecule has 5 heterocycles. The number of rotatable bonds is 5. The maximum atomic E-state index is 13.1. The number of hydrogen-bond acceptors (Lipinski definition) is 8. The van der Waals surface area contributed by atoms with Crippen molar-refractivity contribution in [2.24, 2.45) is 34.5 Å².